The molecule has 2 atom stereocenters. The van der Waals surface area contributed by atoms with Crippen LogP contribution in [0.4, 0.5) is 5.69 Å². The number of anilines is 1. The van der Waals surface area contributed by atoms with Crippen molar-refractivity contribution in [3.63, 3.8) is 0 Å². The minimum Gasteiger partial charge on any atom is -0.326 e. The predicted molar refractivity (Wildman–Crippen MR) is 57.1 cm³/mol. The molecule has 0 aromatic heterocycles. The zero-order valence-electron chi connectivity index (χ0n) is 8.53. The molecule has 15 heavy (non-hydrogen) atoms. The van der Waals surface area contributed by atoms with Crippen LogP contribution in [0.3, 0.4) is 0 Å². The number of nitrogens with zero attached hydrogens (tertiary/aromatic N) is 1. The molecular formula is C12H12N2O. The van der Waals surface area contributed by atoms with E-state index in [1.54, 1.807) is 24.3 Å². The SMILES string of the molecule is C[C@@H]1C[C@H]1C(=O)Nc1cccc(C#N)c1. The van der Waals surface area contributed by atoms with Crippen molar-refractivity contribution in [2.75, 3.05) is 5.32 Å². The van der Waals surface area contributed by atoms with Crippen LogP contribution in [0, 0.1) is 23.2 Å². The zero-order chi connectivity index (χ0) is 10.8. The fraction of sp³-hybridized carbons (Fsp3) is 0.333. The molecular weight excluding hydrogens is 188 g/mol. The van der Waals surface area contributed by atoms with Gasteiger partial charge in [0.25, 0.3) is 0 Å². The van der Waals surface area contributed by atoms with Gasteiger partial charge in [-0.25, -0.2) is 0 Å². The largest absolute Gasteiger partial charge is 0.326 e. The average molecular weight is 200 g/mol. The summed E-state index contributed by atoms with van der Waals surface area (Å²) in [4.78, 5) is 11.6. The highest BCUT2D eigenvalue weighted by Crippen LogP contribution is 2.38. The second-order valence-electron chi connectivity index (χ2n) is 4.00. The monoisotopic (exact) mass is 200 g/mol. The molecule has 1 saturated carbocycles. The molecule has 0 aliphatic heterocycles. The van der Waals surface area contributed by atoms with Crippen LogP contribution < -0.4 is 5.32 Å². The van der Waals surface area contributed by atoms with Crippen molar-refractivity contribution in [2.45, 2.75) is 13.3 Å². The minimum absolute atomic E-state index is 0.0672. The Labute approximate surface area is 88.7 Å². The third-order valence-corrected chi connectivity index (χ3v) is 2.71. The molecule has 1 aliphatic rings. The van der Waals surface area contributed by atoms with Gasteiger partial charge in [0.05, 0.1) is 11.6 Å². The molecule has 1 aromatic carbocycles. The number of nitrogens with one attached hydrogen (secondary N) is 1. The predicted octanol–water partition coefficient (Wildman–Crippen LogP) is 2.15. The van der Waals surface area contributed by atoms with E-state index in [-0.39, 0.29) is 11.8 Å². The summed E-state index contributed by atoms with van der Waals surface area (Å²) < 4.78 is 0. The second-order valence-corrected chi connectivity index (χ2v) is 4.00. The first-order chi connectivity index (χ1) is 7.20. The molecule has 3 heteroatoms. The van der Waals surface area contributed by atoms with Crippen LogP contribution in [0.15, 0.2) is 24.3 Å². The maximum absolute atomic E-state index is 11.6. The summed E-state index contributed by atoms with van der Waals surface area (Å²) in [6.45, 7) is 2.07. The van der Waals surface area contributed by atoms with Crippen molar-refractivity contribution >= 4 is 11.6 Å². The summed E-state index contributed by atoms with van der Waals surface area (Å²) in [6.07, 6.45) is 0.976. The van der Waals surface area contributed by atoms with E-state index in [1.807, 2.05) is 6.07 Å². The van der Waals surface area contributed by atoms with Crippen LogP contribution >= 0.6 is 0 Å². The Kier molecular flexibility index (Phi) is 2.42. The number of hydrogen-bond acceptors (Lipinski definition) is 2. The number of benzene rings is 1. The van der Waals surface area contributed by atoms with Gasteiger partial charge in [0.15, 0.2) is 0 Å². The third-order valence-electron chi connectivity index (χ3n) is 2.71. The quantitative estimate of drug-likeness (QED) is 0.795. The van der Waals surface area contributed by atoms with E-state index in [0.29, 0.717) is 17.2 Å². The third kappa shape index (κ3) is 2.16. The standard InChI is InChI=1S/C12H12N2O/c1-8-5-11(8)12(15)14-10-4-2-3-9(6-10)7-13/h2-4,6,8,11H,5H2,1H3,(H,14,15)/t8-,11-/m1/s1. The van der Waals surface area contributed by atoms with Gasteiger partial charge < -0.3 is 5.32 Å². The first-order valence-electron chi connectivity index (χ1n) is 5.01. The summed E-state index contributed by atoms with van der Waals surface area (Å²) in [5, 5.41) is 11.5. The van der Waals surface area contributed by atoms with E-state index < -0.39 is 0 Å². The van der Waals surface area contributed by atoms with Crippen LogP contribution in [0.25, 0.3) is 0 Å². The molecule has 0 heterocycles. The Hall–Kier alpha value is -1.82. The first kappa shape index (κ1) is 9.72. The normalized spacial score (nSPS) is 22.9. The smallest absolute Gasteiger partial charge is 0.227 e. The Bertz CT molecular complexity index is 433. The highest BCUT2D eigenvalue weighted by Gasteiger charge is 2.38. The topological polar surface area (TPSA) is 52.9 Å². The van der Waals surface area contributed by atoms with Crippen molar-refractivity contribution < 1.29 is 4.79 Å². The Balaban J connectivity index is 2.05. The zero-order valence-corrected chi connectivity index (χ0v) is 8.53. The summed E-state index contributed by atoms with van der Waals surface area (Å²) >= 11 is 0. The first-order valence-corrected chi connectivity index (χ1v) is 5.01. The van der Waals surface area contributed by atoms with Crippen molar-refractivity contribution in [1.82, 2.24) is 0 Å². The van der Waals surface area contributed by atoms with Gasteiger partial charge in [-0.15, -0.1) is 0 Å². The second kappa shape index (κ2) is 3.74. The number of carbonyl (C=O) groups is 1. The summed E-state index contributed by atoms with van der Waals surface area (Å²) in [5.41, 5.74) is 1.27. The molecule has 76 valence electrons. The van der Waals surface area contributed by atoms with Gasteiger partial charge in [0.2, 0.25) is 5.91 Å². The van der Waals surface area contributed by atoms with Crippen LogP contribution in [0.2, 0.25) is 0 Å². The fourth-order valence-electron chi connectivity index (χ4n) is 1.59. The molecule has 0 spiro atoms. The lowest BCUT2D eigenvalue weighted by Gasteiger charge is -2.03. The highest BCUT2D eigenvalue weighted by atomic mass is 16.2. The number of rotatable bonds is 2. The van der Waals surface area contributed by atoms with E-state index in [4.69, 9.17) is 5.26 Å². The van der Waals surface area contributed by atoms with Crippen LogP contribution in [0.5, 0.6) is 0 Å². The van der Waals surface area contributed by atoms with Crippen molar-refractivity contribution in [3.05, 3.63) is 29.8 Å². The maximum Gasteiger partial charge on any atom is 0.227 e. The van der Waals surface area contributed by atoms with Gasteiger partial charge >= 0.3 is 0 Å². The fourth-order valence-corrected chi connectivity index (χ4v) is 1.59. The molecule has 0 bridgehead atoms. The lowest BCUT2D eigenvalue weighted by atomic mass is 10.2. The Morgan fingerprint density at radius 2 is 2.33 bits per heavy atom. The molecule has 2 rings (SSSR count). The number of nitriles is 1. The van der Waals surface area contributed by atoms with Gasteiger partial charge in [-0.1, -0.05) is 13.0 Å². The molecule has 1 aromatic rings. The summed E-state index contributed by atoms with van der Waals surface area (Å²) in [5.74, 6) is 0.734. The molecule has 1 aliphatic carbocycles. The molecule has 0 radical (unpaired) electrons. The summed E-state index contributed by atoms with van der Waals surface area (Å²) in [7, 11) is 0. The van der Waals surface area contributed by atoms with E-state index in [9.17, 15) is 4.79 Å². The van der Waals surface area contributed by atoms with Gasteiger partial charge in [0.1, 0.15) is 0 Å². The molecule has 1 amide bonds. The molecule has 0 unspecified atom stereocenters. The van der Waals surface area contributed by atoms with Crippen molar-refractivity contribution in [1.29, 1.82) is 5.26 Å². The lowest BCUT2D eigenvalue weighted by molar-refractivity contribution is -0.117. The van der Waals surface area contributed by atoms with Crippen molar-refractivity contribution in [3.8, 4) is 6.07 Å². The molecule has 3 nitrogen and oxygen atoms in total. The van der Waals surface area contributed by atoms with Crippen LogP contribution in [-0.4, -0.2) is 5.91 Å². The number of carbonyl (C=O) groups excluding carboxylic acids is 1. The number of amides is 1. The number of hydrogen-bond donors (Lipinski definition) is 1. The van der Waals surface area contributed by atoms with E-state index in [1.165, 1.54) is 0 Å². The Morgan fingerprint density at radius 3 is 2.93 bits per heavy atom. The highest BCUT2D eigenvalue weighted by molar-refractivity contribution is 5.94. The van der Waals surface area contributed by atoms with Crippen LogP contribution in [0.1, 0.15) is 18.9 Å². The van der Waals surface area contributed by atoms with E-state index in [2.05, 4.69) is 12.2 Å². The molecule has 1 fully saturated rings. The minimum atomic E-state index is 0.0672. The van der Waals surface area contributed by atoms with Crippen LogP contribution in [-0.2, 0) is 4.79 Å². The lowest BCUT2D eigenvalue weighted by Crippen LogP contribution is -2.14. The Morgan fingerprint density at radius 1 is 1.60 bits per heavy atom. The van der Waals surface area contributed by atoms with Gasteiger partial charge in [0, 0.05) is 11.6 Å². The van der Waals surface area contributed by atoms with E-state index in [0.717, 1.165) is 6.42 Å². The van der Waals surface area contributed by atoms with Crippen molar-refractivity contribution in [2.24, 2.45) is 11.8 Å². The maximum atomic E-state index is 11.6. The van der Waals surface area contributed by atoms with E-state index >= 15 is 0 Å². The van der Waals surface area contributed by atoms with Gasteiger partial charge in [-0.3, -0.25) is 4.79 Å². The average Bonchev–Trinajstić information content (AvgIpc) is 2.96. The molecule has 0 saturated heterocycles. The summed E-state index contributed by atoms with van der Waals surface area (Å²) in [6, 6.07) is 9.01. The van der Waals surface area contributed by atoms with Gasteiger partial charge in [-0.05, 0) is 30.5 Å². The van der Waals surface area contributed by atoms with Gasteiger partial charge in [-0.2, -0.15) is 5.26 Å². The molecule has 1 N–H and O–H groups in total.